The first-order chi connectivity index (χ1) is 7.29. The lowest BCUT2D eigenvalue weighted by Crippen LogP contribution is -2.36. The molecule has 0 heterocycles. The largest absolute Gasteiger partial charge is 0.393 e. The normalized spacial score (nSPS) is 34.0. The molecule has 0 aromatic rings. The summed E-state index contributed by atoms with van der Waals surface area (Å²) in [4.78, 5) is 0. The molecule has 2 N–H and O–H groups in total. The third-order valence-corrected chi connectivity index (χ3v) is 4.05. The third-order valence-electron chi connectivity index (χ3n) is 4.05. The van der Waals surface area contributed by atoms with E-state index < -0.39 is 0 Å². The van der Waals surface area contributed by atoms with Crippen molar-refractivity contribution in [2.75, 3.05) is 6.54 Å². The van der Waals surface area contributed by atoms with E-state index in [1.54, 1.807) is 0 Å². The first-order valence-electron chi connectivity index (χ1n) is 6.71. The number of nitrogens with one attached hydrogen (secondary N) is 1. The molecule has 0 bridgehead atoms. The van der Waals surface area contributed by atoms with Gasteiger partial charge >= 0.3 is 0 Å². The van der Waals surface area contributed by atoms with E-state index in [2.05, 4.69) is 12.2 Å². The number of aliphatic hydroxyl groups is 1. The molecule has 0 aromatic heterocycles. The zero-order valence-electron chi connectivity index (χ0n) is 9.91. The maximum atomic E-state index is 9.60. The van der Waals surface area contributed by atoms with Crippen LogP contribution in [0.3, 0.4) is 0 Å². The van der Waals surface area contributed by atoms with Gasteiger partial charge < -0.3 is 10.4 Å². The van der Waals surface area contributed by atoms with Gasteiger partial charge in [0.2, 0.25) is 0 Å². The molecule has 3 unspecified atom stereocenters. The van der Waals surface area contributed by atoms with Crippen molar-refractivity contribution in [2.24, 2.45) is 11.8 Å². The van der Waals surface area contributed by atoms with E-state index in [4.69, 9.17) is 0 Å². The summed E-state index contributed by atoms with van der Waals surface area (Å²) < 4.78 is 0. The molecule has 0 saturated heterocycles. The van der Waals surface area contributed by atoms with Crippen LogP contribution in [0.15, 0.2) is 0 Å². The summed E-state index contributed by atoms with van der Waals surface area (Å²) in [5.41, 5.74) is 0. The van der Waals surface area contributed by atoms with Gasteiger partial charge in [0.25, 0.3) is 0 Å². The molecule has 0 aliphatic heterocycles. The Bertz CT molecular complexity index is 191. The fourth-order valence-corrected chi connectivity index (χ4v) is 2.91. The summed E-state index contributed by atoms with van der Waals surface area (Å²) >= 11 is 0. The van der Waals surface area contributed by atoms with Crippen molar-refractivity contribution < 1.29 is 5.11 Å². The van der Waals surface area contributed by atoms with Crippen LogP contribution < -0.4 is 5.32 Å². The van der Waals surface area contributed by atoms with Crippen molar-refractivity contribution in [3.63, 3.8) is 0 Å². The standard InChI is InChI=1S/C13H25NO/c1-2-13(11-6-7-11)14-9-10-4-3-5-12(15)8-10/h10-15H,2-9H2,1H3. The Labute approximate surface area is 93.5 Å². The zero-order chi connectivity index (χ0) is 10.7. The molecule has 15 heavy (non-hydrogen) atoms. The second kappa shape index (κ2) is 5.31. The average molecular weight is 211 g/mol. The Hall–Kier alpha value is -0.0800. The van der Waals surface area contributed by atoms with Crippen molar-refractivity contribution in [3.05, 3.63) is 0 Å². The highest BCUT2D eigenvalue weighted by atomic mass is 16.3. The molecule has 2 nitrogen and oxygen atoms in total. The number of rotatable bonds is 5. The van der Waals surface area contributed by atoms with E-state index in [0.717, 1.165) is 37.3 Å². The molecular formula is C13H25NO. The monoisotopic (exact) mass is 211 g/mol. The van der Waals surface area contributed by atoms with E-state index in [1.807, 2.05) is 0 Å². The van der Waals surface area contributed by atoms with Crippen LogP contribution in [0.5, 0.6) is 0 Å². The van der Waals surface area contributed by atoms with Crippen molar-refractivity contribution in [2.45, 2.75) is 64.0 Å². The van der Waals surface area contributed by atoms with Crippen molar-refractivity contribution >= 4 is 0 Å². The van der Waals surface area contributed by atoms with Crippen LogP contribution in [0, 0.1) is 11.8 Å². The summed E-state index contributed by atoms with van der Waals surface area (Å²) in [5.74, 6) is 1.69. The summed E-state index contributed by atoms with van der Waals surface area (Å²) in [6, 6.07) is 0.754. The number of hydrogen-bond donors (Lipinski definition) is 2. The molecule has 0 radical (unpaired) electrons. The fraction of sp³-hybridized carbons (Fsp3) is 1.00. The summed E-state index contributed by atoms with van der Waals surface area (Å²) in [7, 11) is 0. The van der Waals surface area contributed by atoms with E-state index >= 15 is 0 Å². The summed E-state index contributed by atoms with van der Waals surface area (Å²) in [6.07, 6.45) is 8.67. The predicted molar refractivity (Wildman–Crippen MR) is 62.8 cm³/mol. The molecule has 2 heteroatoms. The molecule has 2 aliphatic carbocycles. The molecule has 0 spiro atoms. The molecule has 2 fully saturated rings. The summed E-state index contributed by atoms with van der Waals surface area (Å²) in [6.45, 7) is 3.41. The average Bonchev–Trinajstić information content (AvgIpc) is 3.03. The van der Waals surface area contributed by atoms with Crippen molar-refractivity contribution in [1.29, 1.82) is 0 Å². The Morgan fingerprint density at radius 2 is 2.07 bits per heavy atom. The molecule has 2 saturated carbocycles. The highest BCUT2D eigenvalue weighted by Crippen LogP contribution is 2.34. The number of aliphatic hydroxyl groups excluding tert-OH is 1. The summed E-state index contributed by atoms with van der Waals surface area (Å²) in [5, 5.41) is 13.3. The van der Waals surface area contributed by atoms with Crippen molar-refractivity contribution in [1.82, 2.24) is 5.32 Å². The van der Waals surface area contributed by atoms with Crippen LogP contribution >= 0.6 is 0 Å². The van der Waals surface area contributed by atoms with Gasteiger partial charge in [-0.3, -0.25) is 0 Å². The van der Waals surface area contributed by atoms with Gasteiger partial charge in [-0.05, 0) is 56.9 Å². The van der Waals surface area contributed by atoms with Crippen LogP contribution in [0.1, 0.15) is 51.9 Å². The smallest absolute Gasteiger partial charge is 0.0543 e. The molecule has 0 aromatic carbocycles. The van der Waals surface area contributed by atoms with Gasteiger partial charge in [-0.15, -0.1) is 0 Å². The van der Waals surface area contributed by atoms with Gasteiger partial charge in [0.15, 0.2) is 0 Å². The Morgan fingerprint density at radius 1 is 1.27 bits per heavy atom. The highest BCUT2D eigenvalue weighted by molar-refractivity contribution is 4.86. The van der Waals surface area contributed by atoms with Crippen molar-refractivity contribution in [3.8, 4) is 0 Å². The van der Waals surface area contributed by atoms with Crippen LogP contribution in [0.4, 0.5) is 0 Å². The van der Waals surface area contributed by atoms with E-state index in [1.165, 1.54) is 32.1 Å². The Morgan fingerprint density at radius 3 is 2.67 bits per heavy atom. The Balaban J connectivity index is 1.67. The molecular weight excluding hydrogens is 186 g/mol. The lowest BCUT2D eigenvalue weighted by atomic mass is 9.87. The van der Waals surface area contributed by atoms with E-state index in [0.29, 0.717) is 0 Å². The van der Waals surface area contributed by atoms with Crippen LogP contribution in [0.2, 0.25) is 0 Å². The minimum absolute atomic E-state index is 0.0217. The first kappa shape index (κ1) is 11.4. The van der Waals surface area contributed by atoms with Gasteiger partial charge in [0, 0.05) is 6.04 Å². The molecule has 0 amide bonds. The lowest BCUT2D eigenvalue weighted by molar-refractivity contribution is 0.0992. The fourth-order valence-electron chi connectivity index (χ4n) is 2.91. The predicted octanol–water partition coefficient (Wildman–Crippen LogP) is 2.32. The first-order valence-corrected chi connectivity index (χ1v) is 6.71. The van der Waals surface area contributed by atoms with E-state index in [9.17, 15) is 5.11 Å². The second-order valence-electron chi connectivity index (χ2n) is 5.45. The van der Waals surface area contributed by atoms with Crippen LogP contribution in [-0.2, 0) is 0 Å². The maximum Gasteiger partial charge on any atom is 0.0543 e. The van der Waals surface area contributed by atoms with Gasteiger partial charge in [0.1, 0.15) is 0 Å². The molecule has 88 valence electrons. The highest BCUT2D eigenvalue weighted by Gasteiger charge is 2.30. The number of hydrogen-bond acceptors (Lipinski definition) is 2. The van der Waals surface area contributed by atoms with E-state index in [-0.39, 0.29) is 6.10 Å². The van der Waals surface area contributed by atoms with Crippen LogP contribution in [-0.4, -0.2) is 23.8 Å². The second-order valence-corrected chi connectivity index (χ2v) is 5.45. The SMILES string of the molecule is CCC(NCC1CCCC(O)C1)C1CC1. The van der Waals surface area contributed by atoms with Gasteiger partial charge in [-0.1, -0.05) is 13.3 Å². The Kier molecular flexibility index (Phi) is 4.04. The molecule has 2 rings (SSSR count). The zero-order valence-corrected chi connectivity index (χ0v) is 9.91. The maximum absolute atomic E-state index is 9.60. The lowest BCUT2D eigenvalue weighted by Gasteiger charge is -2.28. The third kappa shape index (κ3) is 3.46. The van der Waals surface area contributed by atoms with Gasteiger partial charge in [0.05, 0.1) is 6.10 Å². The molecule has 3 atom stereocenters. The minimum atomic E-state index is -0.0217. The quantitative estimate of drug-likeness (QED) is 0.731. The molecule has 2 aliphatic rings. The van der Waals surface area contributed by atoms with Crippen LogP contribution in [0.25, 0.3) is 0 Å². The van der Waals surface area contributed by atoms with Gasteiger partial charge in [-0.2, -0.15) is 0 Å². The topological polar surface area (TPSA) is 32.3 Å². The minimum Gasteiger partial charge on any atom is -0.393 e. The van der Waals surface area contributed by atoms with Gasteiger partial charge in [-0.25, -0.2) is 0 Å².